The summed E-state index contributed by atoms with van der Waals surface area (Å²) >= 11 is 0. The molecule has 0 fully saturated rings. The van der Waals surface area contributed by atoms with Crippen molar-refractivity contribution in [1.82, 2.24) is 10.3 Å². The van der Waals surface area contributed by atoms with Gasteiger partial charge in [-0.05, 0) is 17.7 Å². The summed E-state index contributed by atoms with van der Waals surface area (Å²) in [6.45, 7) is 2.38. The summed E-state index contributed by atoms with van der Waals surface area (Å²) in [6, 6.07) is 2.93. The number of benzene rings is 1. The summed E-state index contributed by atoms with van der Waals surface area (Å²) in [6.07, 6.45) is -2.37. The average Bonchev–Trinajstić information content (AvgIpc) is 2.87. The zero-order valence-electron chi connectivity index (χ0n) is 11.3. The first-order valence-corrected chi connectivity index (χ1v) is 6.40. The van der Waals surface area contributed by atoms with Gasteiger partial charge in [0.15, 0.2) is 0 Å². The second-order valence-corrected chi connectivity index (χ2v) is 4.49. The summed E-state index contributed by atoms with van der Waals surface area (Å²) < 4.78 is 56.2. The van der Waals surface area contributed by atoms with Crippen molar-refractivity contribution in [3.05, 3.63) is 53.0 Å². The average molecular weight is 302 g/mol. The van der Waals surface area contributed by atoms with Crippen LogP contribution in [0.5, 0.6) is 0 Å². The lowest BCUT2D eigenvalue weighted by Crippen LogP contribution is -2.15. The predicted octanol–water partition coefficient (Wildman–Crippen LogP) is 3.68. The molecule has 21 heavy (non-hydrogen) atoms. The Morgan fingerprint density at radius 2 is 2.00 bits per heavy atom. The Bertz CT molecular complexity index is 607. The molecule has 2 aromatic rings. The van der Waals surface area contributed by atoms with Crippen LogP contribution in [0.3, 0.4) is 0 Å². The maximum Gasteiger partial charge on any atom is 0.419 e. The molecule has 0 aliphatic heterocycles. The molecule has 1 aromatic heterocycles. The summed E-state index contributed by atoms with van der Waals surface area (Å²) in [5.74, 6) is -0.0653. The van der Waals surface area contributed by atoms with E-state index in [0.717, 1.165) is 24.3 Å². The van der Waals surface area contributed by atoms with Crippen molar-refractivity contribution < 1.29 is 22.0 Å². The molecule has 1 aromatic carbocycles. The largest absolute Gasteiger partial charge is 0.444 e. The number of hydrogen-bond donors (Lipinski definition) is 1. The van der Waals surface area contributed by atoms with Gasteiger partial charge in [-0.15, -0.1) is 0 Å². The van der Waals surface area contributed by atoms with Gasteiger partial charge in [0.05, 0.1) is 18.3 Å². The number of aryl methyl sites for hydroxylation is 1. The molecule has 0 radical (unpaired) electrons. The van der Waals surface area contributed by atoms with Gasteiger partial charge in [0, 0.05) is 13.0 Å². The van der Waals surface area contributed by atoms with Crippen LogP contribution in [0, 0.1) is 5.82 Å². The normalized spacial score (nSPS) is 11.9. The Hall–Kier alpha value is -1.89. The first-order chi connectivity index (χ1) is 9.90. The van der Waals surface area contributed by atoms with Crippen molar-refractivity contribution in [1.29, 1.82) is 0 Å². The summed E-state index contributed by atoms with van der Waals surface area (Å²) in [5, 5.41) is 2.91. The van der Waals surface area contributed by atoms with Gasteiger partial charge in [0.2, 0.25) is 5.89 Å². The van der Waals surface area contributed by atoms with E-state index in [1.165, 1.54) is 6.07 Å². The minimum absolute atomic E-state index is 0.160. The number of aromatic nitrogens is 1. The van der Waals surface area contributed by atoms with Gasteiger partial charge in [-0.25, -0.2) is 9.37 Å². The van der Waals surface area contributed by atoms with Crippen molar-refractivity contribution in [3.8, 4) is 0 Å². The second-order valence-electron chi connectivity index (χ2n) is 4.49. The highest BCUT2D eigenvalue weighted by Gasteiger charge is 2.34. The Kier molecular flexibility index (Phi) is 4.62. The van der Waals surface area contributed by atoms with Crippen LogP contribution >= 0.6 is 0 Å². The van der Waals surface area contributed by atoms with Crippen LogP contribution in [-0.4, -0.2) is 4.98 Å². The Morgan fingerprint density at radius 3 is 2.62 bits per heavy atom. The quantitative estimate of drug-likeness (QED) is 0.856. The van der Waals surface area contributed by atoms with Crippen molar-refractivity contribution >= 4 is 0 Å². The van der Waals surface area contributed by atoms with Crippen LogP contribution in [0.2, 0.25) is 0 Å². The van der Waals surface area contributed by atoms with Gasteiger partial charge < -0.3 is 9.73 Å². The molecule has 0 aliphatic rings. The van der Waals surface area contributed by atoms with Crippen molar-refractivity contribution in [3.63, 3.8) is 0 Å². The highest BCUT2D eigenvalue weighted by Crippen LogP contribution is 2.31. The summed E-state index contributed by atoms with van der Waals surface area (Å²) in [5.41, 5.74) is -0.919. The predicted molar refractivity (Wildman–Crippen MR) is 67.8 cm³/mol. The molecule has 2 rings (SSSR count). The van der Waals surface area contributed by atoms with E-state index in [9.17, 15) is 17.6 Å². The zero-order valence-corrected chi connectivity index (χ0v) is 11.3. The molecule has 0 saturated carbocycles. The van der Waals surface area contributed by atoms with E-state index in [2.05, 4.69) is 10.3 Å². The fraction of sp³-hybridized carbons (Fsp3) is 0.357. The number of rotatable bonds is 5. The van der Waals surface area contributed by atoms with Gasteiger partial charge in [0.1, 0.15) is 11.6 Å². The smallest absolute Gasteiger partial charge is 0.419 e. The molecule has 0 amide bonds. The first kappa shape index (κ1) is 15.5. The highest BCUT2D eigenvalue weighted by molar-refractivity contribution is 5.27. The molecule has 0 unspecified atom stereocenters. The Labute approximate surface area is 119 Å². The fourth-order valence-corrected chi connectivity index (χ4v) is 1.81. The monoisotopic (exact) mass is 302 g/mol. The van der Waals surface area contributed by atoms with E-state index in [4.69, 9.17) is 4.42 Å². The van der Waals surface area contributed by atoms with Gasteiger partial charge >= 0.3 is 6.18 Å². The maximum absolute atomic E-state index is 13.1. The third kappa shape index (κ3) is 4.04. The molecule has 0 aliphatic carbocycles. The number of nitrogens with zero attached hydrogens (tertiary/aromatic N) is 1. The van der Waals surface area contributed by atoms with Crippen LogP contribution in [0.1, 0.15) is 29.7 Å². The van der Waals surface area contributed by atoms with Crippen LogP contribution in [-0.2, 0) is 25.7 Å². The molecule has 0 atom stereocenters. The number of alkyl halides is 3. The molecule has 7 heteroatoms. The number of nitrogens with one attached hydrogen (secondary N) is 1. The van der Waals surface area contributed by atoms with Gasteiger partial charge in [-0.1, -0.05) is 13.0 Å². The number of oxazole rings is 1. The SMILES string of the molecule is CCc1cnc(CNCc2ccc(F)c(C(F)(F)F)c2)o1. The molecular weight excluding hydrogens is 288 g/mol. The molecule has 0 bridgehead atoms. The van der Waals surface area contributed by atoms with E-state index in [-0.39, 0.29) is 6.54 Å². The van der Waals surface area contributed by atoms with E-state index in [1.54, 1.807) is 6.20 Å². The van der Waals surface area contributed by atoms with Gasteiger partial charge in [-0.3, -0.25) is 0 Å². The minimum atomic E-state index is -4.70. The summed E-state index contributed by atoms with van der Waals surface area (Å²) in [4.78, 5) is 4.02. The molecular formula is C14H14F4N2O. The third-order valence-corrected chi connectivity index (χ3v) is 2.89. The standard InChI is InChI=1S/C14H14F4N2O/c1-2-10-7-20-13(21-10)8-19-6-9-3-4-12(15)11(5-9)14(16,17)18/h3-5,7,19H,2,6,8H2,1H3. The molecule has 0 spiro atoms. The van der Waals surface area contributed by atoms with Gasteiger partial charge in [-0.2, -0.15) is 13.2 Å². The van der Waals surface area contributed by atoms with E-state index in [1.807, 2.05) is 6.92 Å². The van der Waals surface area contributed by atoms with E-state index >= 15 is 0 Å². The molecule has 1 N–H and O–H groups in total. The Balaban J connectivity index is 1.97. The van der Waals surface area contributed by atoms with Crippen molar-refractivity contribution in [2.75, 3.05) is 0 Å². The topological polar surface area (TPSA) is 38.1 Å². The minimum Gasteiger partial charge on any atom is -0.444 e. The van der Waals surface area contributed by atoms with Crippen LogP contribution in [0.25, 0.3) is 0 Å². The third-order valence-electron chi connectivity index (χ3n) is 2.89. The van der Waals surface area contributed by atoms with Crippen LogP contribution in [0.15, 0.2) is 28.8 Å². The van der Waals surface area contributed by atoms with Crippen molar-refractivity contribution in [2.45, 2.75) is 32.6 Å². The lowest BCUT2D eigenvalue weighted by molar-refractivity contribution is -0.140. The lowest BCUT2D eigenvalue weighted by atomic mass is 10.1. The molecule has 1 heterocycles. The lowest BCUT2D eigenvalue weighted by Gasteiger charge is -2.10. The van der Waals surface area contributed by atoms with E-state index < -0.39 is 17.6 Å². The molecule has 0 saturated heterocycles. The fourth-order valence-electron chi connectivity index (χ4n) is 1.81. The second kappa shape index (κ2) is 6.26. The van der Waals surface area contributed by atoms with Crippen molar-refractivity contribution in [2.24, 2.45) is 0 Å². The maximum atomic E-state index is 13.1. The highest BCUT2D eigenvalue weighted by atomic mass is 19.4. The zero-order chi connectivity index (χ0) is 15.5. The summed E-state index contributed by atoms with van der Waals surface area (Å²) in [7, 11) is 0. The van der Waals surface area contributed by atoms with Gasteiger partial charge in [0.25, 0.3) is 0 Å². The number of halogens is 4. The molecule has 3 nitrogen and oxygen atoms in total. The number of hydrogen-bond acceptors (Lipinski definition) is 3. The van der Waals surface area contributed by atoms with E-state index in [0.29, 0.717) is 18.0 Å². The van der Waals surface area contributed by atoms with Crippen LogP contribution < -0.4 is 5.32 Å². The first-order valence-electron chi connectivity index (χ1n) is 6.40. The van der Waals surface area contributed by atoms with Crippen LogP contribution in [0.4, 0.5) is 17.6 Å². The Morgan fingerprint density at radius 1 is 1.24 bits per heavy atom. The molecule has 114 valence electrons.